The first-order valence-electron chi connectivity index (χ1n) is 5.96. The predicted molar refractivity (Wildman–Crippen MR) is 77.2 cm³/mol. The number of nitrogen functional groups attached to an aromatic ring is 1. The molecule has 0 spiro atoms. The summed E-state index contributed by atoms with van der Waals surface area (Å²) in [6.45, 7) is 0.423. The molecule has 0 unspecified atom stereocenters. The molecule has 0 amide bonds. The van der Waals surface area contributed by atoms with Gasteiger partial charge in [0.2, 0.25) is 0 Å². The second kappa shape index (κ2) is 5.02. The molecule has 0 aliphatic carbocycles. The van der Waals surface area contributed by atoms with Crippen LogP contribution in [0.1, 0.15) is 5.56 Å². The van der Waals surface area contributed by atoms with Crippen LogP contribution in [-0.2, 0) is 6.54 Å². The van der Waals surface area contributed by atoms with Crippen molar-refractivity contribution in [1.29, 1.82) is 0 Å². The van der Waals surface area contributed by atoms with Crippen LogP contribution in [0.2, 0.25) is 5.02 Å². The van der Waals surface area contributed by atoms with Gasteiger partial charge in [0.1, 0.15) is 11.3 Å². The van der Waals surface area contributed by atoms with Gasteiger partial charge in [-0.05, 0) is 29.8 Å². The molecule has 0 aliphatic heterocycles. The first kappa shape index (κ1) is 12.7. The van der Waals surface area contributed by atoms with Crippen molar-refractivity contribution in [2.75, 3.05) is 11.1 Å². The predicted octanol–water partition coefficient (Wildman–Crippen LogP) is 3.81. The largest absolute Gasteiger partial charge is 0.423 e. The Morgan fingerprint density at radius 2 is 2.15 bits per heavy atom. The Kier molecular flexibility index (Phi) is 3.20. The van der Waals surface area contributed by atoms with Crippen molar-refractivity contribution in [3.05, 3.63) is 52.8 Å². The summed E-state index contributed by atoms with van der Waals surface area (Å²) in [5.41, 5.74) is 8.42. The molecule has 0 radical (unpaired) electrons. The molecule has 3 N–H and O–H groups in total. The number of para-hydroxylation sites is 1. The van der Waals surface area contributed by atoms with Crippen molar-refractivity contribution in [3.8, 4) is 0 Å². The van der Waals surface area contributed by atoms with Gasteiger partial charge in [0.25, 0.3) is 6.01 Å². The number of hydrogen-bond acceptors (Lipinski definition) is 4. The van der Waals surface area contributed by atoms with Crippen molar-refractivity contribution in [2.24, 2.45) is 0 Å². The zero-order chi connectivity index (χ0) is 14.1. The van der Waals surface area contributed by atoms with Crippen molar-refractivity contribution in [1.82, 2.24) is 4.98 Å². The third-order valence-electron chi connectivity index (χ3n) is 2.88. The molecule has 0 saturated heterocycles. The van der Waals surface area contributed by atoms with E-state index in [1.807, 2.05) is 0 Å². The Balaban J connectivity index is 1.79. The maximum atomic E-state index is 13.0. The van der Waals surface area contributed by atoms with E-state index in [9.17, 15) is 4.39 Å². The van der Waals surface area contributed by atoms with Crippen molar-refractivity contribution >= 4 is 34.4 Å². The van der Waals surface area contributed by atoms with Crippen LogP contribution in [0.5, 0.6) is 0 Å². The van der Waals surface area contributed by atoms with Gasteiger partial charge in [0.05, 0.1) is 10.7 Å². The van der Waals surface area contributed by atoms with Crippen LogP contribution >= 0.6 is 11.6 Å². The van der Waals surface area contributed by atoms with E-state index >= 15 is 0 Å². The van der Waals surface area contributed by atoms with Crippen LogP contribution in [0.4, 0.5) is 16.1 Å². The lowest BCUT2D eigenvalue weighted by Crippen LogP contribution is -1.99. The van der Waals surface area contributed by atoms with Crippen LogP contribution in [-0.4, -0.2) is 4.98 Å². The number of anilines is 2. The molecule has 0 bridgehead atoms. The Labute approximate surface area is 119 Å². The number of rotatable bonds is 3. The molecule has 0 fully saturated rings. The van der Waals surface area contributed by atoms with Crippen LogP contribution in [0.15, 0.2) is 40.8 Å². The average Bonchev–Trinajstić information content (AvgIpc) is 2.85. The number of nitrogens with zero attached hydrogens (tertiary/aromatic N) is 1. The SMILES string of the molecule is Nc1cccc2oc(NCc3ccc(F)c(Cl)c3)nc12. The number of benzene rings is 2. The topological polar surface area (TPSA) is 64.1 Å². The normalized spacial score (nSPS) is 10.9. The molecule has 0 atom stereocenters. The fourth-order valence-electron chi connectivity index (χ4n) is 1.87. The maximum absolute atomic E-state index is 13.0. The summed E-state index contributed by atoms with van der Waals surface area (Å²) in [4.78, 5) is 4.26. The molecular formula is C14H11ClFN3O. The maximum Gasteiger partial charge on any atom is 0.296 e. The van der Waals surface area contributed by atoms with E-state index in [1.54, 1.807) is 30.3 Å². The van der Waals surface area contributed by atoms with Gasteiger partial charge in [-0.2, -0.15) is 4.98 Å². The first-order valence-corrected chi connectivity index (χ1v) is 6.34. The number of fused-ring (bicyclic) bond motifs is 1. The van der Waals surface area contributed by atoms with Gasteiger partial charge in [0.15, 0.2) is 5.58 Å². The van der Waals surface area contributed by atoms with E-state index < -0.39 is 5.82 Å². The molecule has 6 heteroatoms. The lowest BCUT2D eigenvalue weighted by atomic mass is 10.2. The highest BCUT2D eigenvalue weighted by molar-refractivity contribution is 6.30. The quantitative estimate of drug-likeness (QED) is 0.720. The highest BCUT2D eigenvalue weighted by Gasteiger charge is 2.08. The average molecular weight is 292 g/mol. The van der Waals surface area contributed by atoms with Gasteiger partial charge in [-0.15, -0.1) is 0 Å². The van der Waals surface area contributed by atoms with Gasteiger partial charge >= 0.3 is 0 Å². The summed E-state index contributed by atoms with van der Waals surface area (Å²) < 4.78 is 18.6. The highest BCUT2D eigenvalue weighted by atomic mass is 35.5. The van der Waals surface area contributed by atoms with E-state index in [0.29, 0.717) is 29.3 Å². The number of nitrogens with one attached hydrogen (secondary N) is 1. The molecular weight excluding hydrogens is 281 g/mol. The van der Waals surface area contributed by atoms with E-state index in [0.717, 1.165) is 5.56 Å². The third-order valence-corrected chi connectivity index (χ3v) is 3.17. The summed E-state index contributed by atoms with van der Waals surface area (Å²) in [6.07, 6.45) is 0. The third kappa shape index (κ3) is 2.40. The molecule has 1 heterocycles. The molecule has 0 saturated carbocycles. The smallest absolute Gasteiger partial charge is 0.296 e. The molecule has 1 aromatic heterocycles. The zero-order valence-corrected chi connectivity index (χ0v) is 11.1. The number of halogens is 2. The van der Waals surface area contributed by atoms with Gasteiger partial charge in [0, 0.05) is 6.54 Å². The number of nitrogens with two attached hydrogens (primary N) is 1. The van der Waals surface area contributed by atoms with Crippen molar-refractivity contribution in [2.45, 2.75) is 6.54 Å². The molecule has 0 aliphatic rings. The van der Waals surface area contributed by atoms with Gasteiger partial charge in [-0.25, -0.2) is 4.39 Å². The minimum absolute atomic E-state index is 0.0890. The standard InChI is InChI=1S/C14H11ClFN3O/c15-9-6-8(4-5-10(9)16)7-18-14-19-13-11(17)2-1-3-12(13)20-14/h1-6H,7,17H2,(H,18,19). The summed E-state index contributed by atoms with van der Waals surface area (Å²) in [5, 5.41) is 3.10. The second-order valence-electron chi connectivity index (χ2n) is 4.32. The lowest BCUT2D eigenvalue weighted by Gasteiger charge is -2.03. The van der Waals surface area contributed by atoms with E-state index in [1.165, 1.54) is 6.07 Å². The minimum Gasteiger partial charge on any atom is -0.423 e. The second-order valence-corrected chi connectivity index (χ2v) is 4.72. The van der Waals surface area contributed by atoms with Crippen LogP contribution in [0.25, 0.3) is 11.1 Å². The Morgan fingerprint density at radius 1 is 1.30 bits per heavy atom. The fraction of sp³-hybridized carbons (Fsp3) is 0.0714. The fourth-order valence-corrected chi connectivity index (χ4v) is 2.08. The first-order chi connectivity index (χ1) is 9.63. The highest BCUT2D eigenvalue weighted by Crippen LogP contribution is 2.24. The zero-order valence-electron chi connectivity index (χ0n) is 10.4. The summed E-state index contributed by atoms with van der Waals surface area (Å²) in [6, 6.07) is 10.2. The van der Waals surface area contributed by atoms with E-state index in [2.05, 4.69) is 10.3 Å². The number of hydrogen-bond donors (Lipinski definition) is 2. The number of aromatic nitrogens is 1. The monoisotopic (exact) mass is 291 g/mol. The Morgan fingerprint density at radius 3 is 2.90 bits per heavy atom. The summed E-state index contributed by atoms with van der Waals surface area (Å²) in [5.74, 6) is -0.440. The van der Waals surface area contributed by atoms with Crippen molar-refractivity contribution < 1.29 is 8.81 Å². The molecule has 3 aromatic rings. The van der Waals surface area contributed by atoms with E-state index in [-0.39, 0.29) is 5.02 Å². The van der Waals surface area contributed by atoms with Gasteiger partial charge in [-0.3, -0.25) is 0 Å². The van der Waals surface area contributed by atoms with Crippen LogP contribution in [0.3, 0.4) is 0 Å². The molecule has 4 nitrogen and oxygen atoms in total. The molecule has 3 rings (SSSR count). The lowest BCUT2D eigenvalue weighted by molar-refractivity contribution is 0.614. The molecule has 102 valence electrons. The summed E-state index contributed by atoms with van der Waals surface area (Å²) >= 11 is 5.72. The Hall–Kier alpha value is -2.27. The van der Waals surface area contributed by atoms with Gasteiger partial charge < -0.3 is 15.5 Å². The Bertz CT molecular complexity index is 772. The van der Waals surface area contributed by atoms with Gasteiger partial charge in [-0.1, -0.05) is 23.7 Å². The number of oxazole rings is 1. The molecule has 20 heavy (non-hydrogen) atoms. The van der Waals surface area contributed by atoms with Crippen LogP contribution in [0, 0.1) is 5.82 Å². The minimum atomic E-state index is -0.440. The van der Waals surface area contributed by atoms with Crippen molar-refractivity contribution in [3.63, 3.8) is 0 Å². The molecule has 2 aromatic carbocycles. The summed E-state index contributed by atoms with van der Waals surface area (Å²) in [7, 11) is 0. The van der Waals surface area contributed by atoms with Crippen LogP contribution < -0.4 is 11.1 Å². The van der Waals surface area contributed by atoms with E-state index in [4.69, 9.17) is 21.8 Å².